The molecule has 1 N–H and O–H groups in total. The molecule has 0 radical (unpaired) electrons. The second-order valence-electron chi connectivity index (χ2n) is 4.62. The second kappa shape index (κ2) is 6.39. The van der Waals surface area contributed by atoms with E-state index < -0.39 is 17.5 Å². The van der Waals surface area contributed by atoms with Gasteiger partial charge in [0.15, 0.2) is 11.0 Å². The van der Waals surface area contributed by atoms with Gasteiger partial charge in [0.05, 0.1) is 12.1 Å². The average molecular weight is 285 g/mol. The van der Waals surface area contributed by atoms with E-state index in [1.165, 1.54) is 12.3 Å². The van der Waals surface area contributed by atoms with E-state index in [1.54, 1.807) is 20.8 Å². The molecule has 1 amide bonds. The highest BCUT2D eigenvalue weighted by Crippen LogP contribution is 2.13. The van der Waals surface area contributed by atoms with E-state index in [0.717, 1.165) is 0 Å². The molecule has 0 saturated heterocycles. The smallest absolute Gasteiger partial charge is 0.408 e. The number of hydrogen-bond acceptors (Lipinski definition) is 3. The van der Waals surface area contributed by atoms with Gasteiger partial charge in [-0.1, -0.05) is 23.4 Å². The van der Waals surface area contributed by atoms with Gasteiger partial charge in [-0.2, -0.15) is 0 Å². The van der Waals surface area contributed by atoms with Gasteiger partial charge in [0.2, 0.25) is 0 Å². The summed E-state index contributed by atoms with van der Waals surface area (Å²) in [4.78, 5) is 14.9. The van der Waals surface area contributed by atoms with Gasteiger partial charge in [0.25, 0.3) is 0 Å². The number of ether oxygens (including phenoxy) is 1. The Bertz CT molecular complexity index is 530. The molecule has 1 rings (SSSR count). The summed E-state index contributed by atoms with van der Waals surface area (Å²) >= 11 is 5.51. The zero-order chi connectivity index (χ0) is 14.5. The van der Waals surface area contributed by atoms with E-state index in [1.807, 2.05) is 0 Å². The van der Waals surface area contributed by atoms with Crippen LogP contribution in [0.3, 0.4) is 0 Å². The maximum atomic E-state index is 13.4. The van der Waals surface area contributed by atoms with Crippen LogP contribution in [-0.2, 0) is 4.74 Å². The third kappa shape index (κ3) is 5.58. The number of pyridine rings is 1. The molecule has 0 aliphatic heterocycles. The normalized spacial score (nSPS) is 10.4. The zero-order valence-electron chi connectivity index (χ0n) is 10.9. The molecule has 1 aromatic rings. The van der Waals surface area contributed by atoms with Gasteiger partial charge in [-0.05, 0) is 26.8 Å². The lowest BCUT2D eigenvalue weighted by atomic mass is 10.2. The van der Waals surface area contributed by atoms with E-state index in [2.05, 4.69) is 22.1 Å². The minimum Gasteiger partial charge on any atom is -0.444 e. The van der Waals surface area contributed by atoms with Crippen molar-refractivity contribution in [2.45, 2.75) is 26.4 Å². The fourth-order valence-corrected chi connectivity index (χ4v) is 1.24. The molecular formula is C13H14ClFN2O2. The summed E-state index contributed by atoms with van der Waals surface area (Å²) in [6, 6.07) is 1.40. The van der Waals surface area contributed by atoms with Crippen molar-refractivity contribution in [3.8, 4) is 11.8 Å². The van der Waals surface area contributed by atoms with Crippen molar-refractivity contribution in [3.63, 3.8) is 0 Å². The summed E-state index contributed by atoms with van der Waals surface area (Å²) in [5, 5.41) is 2.21. The van der Waals surface area contributed by atoms with E-state index in [0.29, 0.717) is 0 Å². The largest absolute Gasteiger partial charge is 0.444 e. The van der Waals surface area contributed by atoms with Crippen molar-refractivity contribution in [1.82, 2.24) is 10.3 Å². The van der Waals surface area contributed by atoms with E-state index in [-0.39, 0.29) is 17.3 Å². The van der Waals surface area contributed by atoms with Crippen molar-refractivity contribution in [1.29, 1.82) is 0 Å². The molecule has 19 heavy (non-hydrogen) atoms. The second-order valence-corrected chi connectivity index (χ2v) is 4.98. The number of hydrogen-bond donors (Lipinski definition) is 1. The molecule has 0 aromatic carbocycles. The van der Waals surface area contributed by atoms with Crippen LogP contribution in [0.1, 0.15) is 26.3 Å². The van der Waals surface area contributed by atoms with Crippen LogP contribution in [0.2, 0.25) is 5.15 Å². The summed E-state index contributed by atoms with van der Waals surface area (Å²) in [6.07, 6.45) is 0.784. The minimum absolute atomic E-state index is 0.0499. The Hall–Kier alpha value is -1.80. The van der Waals surface area contributed by atoms with Crippen molar-refractivity contribution < 1.29 is 13.9 Å². The third-order valence-electron chi connectivity index (χ3n) is 1.79. The van der Waals surface area contributed by atoms with Crippen molar-refractivity contribution in [3.05, 3.63) is 28.8 Å². The first-order valence-corrected chi connectivity index (χ1v) is 5.93. The number of nitrogens with one attached hydrogen (secondary N) is 1. The minimum atomic E-state index is -0.672. The Balaban J connectivity index is 2.53. The van der Waals surface area contributed by atoms with E-state index >= 15 is 0 Å². The standard InChI is InChI=1S/C13H14ClFN2O2/c1-13(2,3)19-12(18)17-7-4-5-9-6-8-16-11(14)10(9)15/h6,8H,7H2,1-3H3,(H,17,18). The van der Waals surface area contributed by atoms with Crippen LogP contribution in [0.15, 0.2) is 12.3 Å². The van der Waals surface area contributed by atoms with Gasteiger partial charge >= 0.3 is 6.09 Å². The Labute approximate surface area is 116 Å². The number of aromatic nitrogens is 1. The molecular weight excluding hydrogens is 271 g/mol. The Kier molecular flexibility index (Phi) is 5.13. The lowest BCUT2D eigenvalue weighted by molar-refractivity contribution is 0.0535. The molecule has 4 nitrogen and oxygen atoms in total. The summed E-state index contributed by atoms with van der Waals surface area (Å²) < 4.78 is 18.4. The number of carbonyl (C=O) groups is 1. The SMILES string of the molecule is CC(C)(C)OC(=O)NCC#Cc1ccnc(Cl)c1F. The van der Waals surface area contributed by atoms with Crippen molar-refractivity contribution >= 4 is 17.7 Å². The van der Waals surface area contributed by atoms with Crippen LogP contribution in [-0.4, -0.2) is 23.2 Å². The fraction of sp³-hybridized carbons (Fsp3) is 0.385. The van der Waals surface area contributed by atoms with Crippen LogP contribution >= 0.6 is 11.6 Å². The summed E-state index contributed by atoms with van der Waals surface area (Å²) in [6.45, 7) is 5.32. The summed E-state index contributed by atoms with van der Waals surface area (Å²) in [5.74, 6) is 4.48. The van der Waals surface area contributed by atoms with Crippen molar-refractivity contribution in [2.24, 2.45) is 0 Å². The number of rotatable bonds is 1. The maximum Gasteiger partial charge on any atom is 0.408 e. The molecule has 0 saturated carbocycles. The molecule has 1 heterocycles. The van der Waals surface area contributed by atoms with Gasteiger partial charge in [-0.15, -0.1) is 0 Å². The number of alkyl carbamates (subject to hydrolysis) is 1. The number of halogens is 2. The average Bonchev–Trinajstić information content (AvgIpc) is 2.27. The van der Waals surface area contributed by atoms with E-state index in [4.69, 9.17) is 16.3 Å². The monoisotopic (exact) mass is 284 g/mol. The molecule has 0 aliphatic carbocycles. The fourth-order valence-electron chi connectivity index (χ4n) is 1.08. The lowest BCUT2D eigenvalue weighted by Crippen LogP contribution is -2.32. The van der Waals surface area contributed by atoms with Gasteiger partial charge in [-0.3, -0.25) is 0 Å². The van der Waals surface area contributed by atoms with Gasteiger partial charge in [-0.25, -0.2) is 14.2 Å². The first-order valence-electron chi connectivity index (χ1n) is 5.55. The third-order valence-corrected chi connectivity index (χ3v) is 2.05. The van der Waals surface area contributed by atoms with Gasteiger partial charge < -0.3 is 10.1 Å². The highest BCUT2D eigenvalue weighted by atomic mass is 35.5. The molecule has 1 aromatic heterocycles. The van der Waals surface area contributed by atoms with E-state index in [9.17, 15) is 9.18 Å². The van der Waals surface area contributed by atoms with Gasteiger partial charge in [0.1, 0.15) is 5.60 Å². The van der Waals surface area contributed by atoms with Crippen LogP contribution in [0, 0.1) is 17.7 Å². The van der Waals surface area contributed by atoms with Crippen LogP contribution in [0.25, 0.3) is 0 Å². The lowest BCUT2D eigenvalue weighted by Gasteiger charge is -2.18. The number of nitrogens with zero attached hydrogens (tertiary/aromatic N) is 1. The number of amides is 1. The highest BCUT2D eigenvalue weighted by Gasteiger charge is 2.15. The molecule has 0 spiro atoms. The first-order chi connectivity index (χ1) is 8.79. The molecule has 0 fully saturated rings. The van der Waals surface area contributed by atoms with Crippen LogP contribution in [0.4, 0.5) is 9.18 Å². The summed E-state index contributed by atoms with van der Waals surface area (Å²) in [7, 11) is 0. The molecule has 0 unspecified atom stereocenters. The molecule has 6 heteroatoms. The number of carbonyl (C=O) groups excluding carboxylic acids is 1. The summed E-state index contributed by atoms with van der Waals surface area (Å²) in [5.41, 5.74) is -0.437. The van der Waals surface area contributed by atoms with Crippen molar-refractivity contribution in [2.75, 3.05) is 6.54 Å². The quantitative estimate of drug-likeness (QED) is 0.637. The Morgan fingerprint density at radius 2 is 2.26 bits per heavy atom. The maximum absolute atomic E-state index is 13.4. The molecule has 0 bridgehead atoms. The van der Waals surface area contributed by atoms with Gasteiger partial charge in [0, 0.05) is 6.20 Å². The predicted octanol–water partition coefficient (Wildman–Crippen LogP) is 2.75. The van der Waals surface area contributed by atoms with Crippen LogP contribution in [0.5, 0.6) is 0 Å². The highest BCUT2D eigenvalue weighted by molar-refractivity contribution is 6.29. The predicted molar refractivity (Wildman–Crippen MR) is 70.3 cm³/mol. The Morgan fingerprint density at radius 1 is 1.58 bits per heavy atom. The first kappa shape index (κ1) is 15.3. The topological polar surface area (TPSA) is 51.2 Å². The molecule has 0 aliphatic rings. The van der Waals surface area contributed by atoms with Crippen LogP contribution < -0.4 is 5.32 Å². The molecule has 0 atom stereocenters. The molecule has 102 valence electrons. The Morgan fingerprint density at radius 3 is 2.89 bits per heavy atom. The zero-order valence-corrected chi connectivity index (χ0v) is 11.6.